The summed E-state index contributed by atoms with van der Waals surface area (Å²) in [5.74, 6) is 1.27. The third-order valence-electron chi connectivity index (χ3n) is 5.31. The fourth-order valence-corrected chi connectivity index (χ4v) is 4.41. The van der Waals surface area contributed by atoms with Crippen molar-refractivity contribution in [3.8, 4) is 10.6 Å². The minimum atomic E-state index is -0.539. The number of aliphatic hydroxyl groups excluding tert-OH is 1. The van der Waals surface area contributed by atoms with Gasteiger partial charge in [-0.1, -0.05) is 19.1 Å². The Balaban J connectivity index is 1.50. The topological polar surface area (TPSA) is 78.4 Å². The van der Waals surface area contributed by atoms with Crippen LogP contribution in [0.1, 0.15) is 54.4 Å². The van der Waals surface area contributed by atoms with E-state index in [0.717, 1.165) is 46.2 Å². The van der Waals surface area contributed by atoms with Crippen molar-refractivity contribution in [2.45, 2.75) is 39.2 Å². The summed E-state index contributed by atoms with van der Waals surface area (Å²) in [5, 5.41) is 13.0. The van der Waals surface area contributed by atoms with Crippen LogP contribution in [0.5, 0.6) is 0 Å². The van der Waals surface area contributed by atoms with E-state index in [4.69, 9.17) is 0 Å². The Hall–Kier alpha value is -2.77. The van der Waals surface area contributed by atoms with Crippen molar-refractivity contribution in [2.24, 2.45) is 5.92 Å². The number of nitrogens with one attached hydrogen (secondary N) is 1. The number of carbonyl (C=O) groups excluding carboxylic acids is 1. The van der Waals surface area contributed by atoms with Gasteiger partial charge in [-0.05, 0) is 68.0 Å². The van der Waals surface area contributed by atoms with Crippen LogP contribution in [-0.2, 0) is 0 Å². The Bertz CT molecular complexity index is 1050. The number of hydrogen-bond acceptors (Lipinski definition) is 6. The van der Waals surface area contributed by atoms with E-state index in [9.17, 15) is 9.90 Å². The largest absolute Gasteiger partial charge is 0.389 e. The number of amides is 1. The predicted molar refractivity (Wildman–Crippen MR) is 125 cm³/mol. The third kappa shape index (κ3) is 5.48. The van der Waals surface area contributed by atoms with Crippen molar-refractivity contribution in [1.29, 1.82) is 0 Å². The maximum Gasteiger partial charge on any atom is 0.263 e. The van der Waals surface area contributed by atoms with Gasteiger partial charge in [-0.25, -0.2) is 9.97 Å². The van der Waals surface area contributed by atoms with Gasteiger partial charge in [-0.15, -0.1) is 11.3 Å². The molecule has 1 aliphatic rings. The monoisotopic (exact) mass is 436 g/mol. The van der Waals surface area contributed by atoms with Crippen molar-refractivity contribution in [2.75, 3.05) is 18.4 Å². The molecule has 1 aromatic carbocycles. The van der Waals surface area contributed by atoms with E-state index < -0.39 is 6.10 Å². The number of rotatable bonds is 9. The number of nitrogens with zero attached hydrogens (tertiary/aromatic N) is 3. The van der Waals surface area contributed by atoms with E-state index in [1.807, 2.05) is 47.4 Å². The zero-order valence-electron chi connectivity index (χ0n) is 17.9. The molecule has 0 radical (unpaired) electrons. The predicted octanol–water partition coefficient (Wildman–Crippen LogP) is 5.26. The number of aliphatic hydroxyl groups is 1. The summed E-state index contributed by atoms with van der Waals surface area (Å²) in [6, 6.07) is 13.3. The summed E-state index contributed by atoms with van der Waals surface area (Å²) >= 11 is 1.47. The van der Waals surface area contributed by atoms with Crippen LogP contribution < -0.4 is 5.32 Å². The van der Waals surface area contributed by atoms with Gasteiger partial charge in [-0.2, -0.15) is 0 Å². The Labute approximate surface area is 187 Å². The molecule has 0 spiro atoms. The number of hydrogen-bond donors (Lipinski definition) is 2. The zero-order valence-corrected chi connectivity index (χ0v) is 18.7. The average molecular weight is 437 g/mol. The fraction of sp³-hybridized carbons (Fsp3) is 0.375. The van der Waals surface area contributed by atoms with E-state index in [1.54, 1.807) is 13.1 Å². The molecule has 1 amide bonds. The molecule has 162 valence electrons. The highest BCUT2D eigenvalue weighted by molar-refractivity contribution is 7.17. The van der Waals surface area contributed by atoms with Gasteiger partial charge in [0.25, 0.3) is 5.91 Å². The number of anilines is 2. The molecule has 2 aromatic heterocycles. The van der Waals surface area contributed by atoms with E-state index in [-0.39, 0.29) is 5.91 Å². The molecule has 1 atom stereocenters. The minimum absolute atomic E-state index is 0.118. The van der Waals surface area contributed by atoms with Gasteiger partial charge in [0.1, 0.15) is 0 Å². The quantitative estimate of drug-likeness (QED) is 0.478. The summed E-state index contributed by atoms with van der Waals surface area (Å²) in [7, 11) is 0. The molecule has 1 aliphatic carbocycles. The fourth-order valence-electron chi connectivity index (χ4n) is 3.47. The SMILES string of the molecule is CCCN(CC1CC1)C(=O)c1ccc(-c2ccnc(Nc3cccc(C(C)O)c3)n2)s1. The van der Waals surface area contributed by atoms with Gasteiger partial charge in [0.15, 0.2) is 0 Å². The van der Waals surface area contributed by atoms with E-state index in [1.165, 1.54) is 24.2 Å². The van der Waals surface area contributed by atoms with Gasteiger partial charge in [0, 0.05) is 25.0 Å². The maximum absolute atomic E-state index is 13.0. The van der Waals surface area contributed by atoms with Crippen LogP contribution in [0.2, 0.25) is 0 Å². The van der Waals surface area contributed by atoms with Crippen LogP contribution in [0, 0.1) is 5.92 Å². The van der Waals surface area contributed by atoms with Gasteiger partial charge in [0.2, 0.25) is 5.95 Å². The molecule has 1 fully saturated rings. The molecule has 1 saturated carbocycles. The van der Waals surface area contributed by atoms with Crippen LogP contribution >= 0.6 is 11.3 Å². The third-order valence-corrected chi connectivity index (χ3v) is 6.40. The summed E-state index contributed by atoms with van der Waals surface area (Å²) < 4.78 is 0. The molecule has 2 heterocycles. The second-order valence-electron chi connectivity index (χ2n) is 8.05. The Kier molecular flexibility index (Phi) is 6.63. The molecule has 4 rings (SSSR count). The maximum atomic E-state index is 13.0. The van der Waals surface area contributed by atoms with Crippen molar-refractivity contribution in [1.82, 2.24) is 14.9 Å². The Morgan fingerprint density at radius 1 is 1.29 bits per heavy atom. The Morgan fingerprint density at radius 2 is 2.13 bits per heavy atom. The standard InChI is InChI=1S/C24H28N4O2S/c1-3-13-28(15-17-7-8-17)23(30)22-10-9-21(31-22)20-11-12-25-24(27-20)26-19-6-4-5-18(14-19)16(2)29/h4-6,9-12,14,16-17,29H,3,7-8,13,15H2,1-2H3,(H,25,26,27). The first-order valence-corrected chi connectivity index (χ1v) is 11.6. The summed E-state index contributed by atoms with van der Waals surface area (Å²) in [4.78, 5) is 25.6. The molecule has 0 saturated heterocycles. The molecule has 2 N–H and O–H groups in total. The molecule has 0 aliphatic heterocycles. The lowest BCUT2D eigenvalue weighted by Gasteiger charge is -2.21. The van der Waals surface area contributed by atoms with Crippen LogP contribution in [0.25, 0.3) is 10.6 Å². The zero-order chi connectivity index (χ0) is 21.8. The highest BCUT2D eigenvalue weighted by atomic mass is 32.1. The van der Waals surface area contributed by atoms with Gasteiger partial charge in [0.05, 0.1) is 21.6 Å². The molecule has 1 unspecified atom stereocenters. The average Bonchev–Trinajstić information content (AvgIpc) is 3.45. The second kappa shape index (κ2) is 9.58. The lowest BCUT2D eigenvalue weighted by Crippen LogP contribution is -2.33. The van der Waals surface area contributed by atoms with Crippen molar-refractivity contribution < 1.29 is 9.90 Å². The van der Waals surface area contributed by atoms with Crippen molar-refractivity contribution >= 4 is 28.9 Å². The van der Waals surface area contributed by atoms with Crippen LogP contribution in [0.15, 0.2) is 48.7 Å². The van der Waals surface area contributed by atoms with Gasteiger partial charge in [-0.3, -0.25) is 4.79 Å². The van der Waals surface area contributed by atoms with Crippen molar-refractivity contribution in [3.05, 3.63) is 59.1 Å². The molecule has 31 heavy (non-hydrogen) atoms. The van der Waals surface area contributed by atoms with Crippen LogP contribution in [0.4, 0.5) is 11.6 Å². The molecule has 6 nitrogen and oxygen atoms in total. The smallest absolute Gasteiger partial charge is 0.263 e. The van der Waals surface area contributed by atoms with E-state index >= 15 is 0 Å². The molecule has 7 heteroatoms. The number of aromatic nitrogens is 2. The Morgan fingerprint density at radius 3 is 2.87 bits per heavy atom. The second-order valence-corrected chi connectivity index (χ2v) is 9.13. The lowest BCUT2D eigenvalue weighted by molar-refractivity contribution is 0.0752. The minimum Gasteiger partial charge on any atom is -0.389 e. The summed E-state index contributed by atoms with van der Waals surface area (Å²) in [5.41, 5.74) is 2.41. The first-order valence-electron chi connectivity index (χ1n) is 10.8. The number of benzene rings is 1. The van der Waals surface area contributed by atoms with E-state index in [2.05, 4.69) is 22.2 Å². The highest BCUT2D eigenvalue weighted by Gasteiger charge is 2.27. The summed E-state index contributed by atoms with van der Waals surface area (Å²) in [6.07, 6.45) is 4.61. The van der Waals surface area contributed by atoms with Crippen LogP contribution in [-0.4, -0.2) is 39.0 Å². The first-order chi connectivity index (χ1) is 15.0. The van der Waals surface area contributed by atoms with E-state index in [0.29, 0.717) is 11.9 Å². The lowest BCUT2D eigenvalue weighted by atomic mass is 10.1. The number of carbonyl (C=O) groups is 1. The van der Waals surface area contributed by atoms with Gasteiger partial charge >= 0.3 is 0 Å². The normalized spacial score (nSPS) is 14.3. The van der Waals surface area contributed by atoms with Gasteiger partial charge < -0.3 is 15.3 Å². The molecule has 3 aromatic rings. The summed E-state index contributed by atoms with van der Waals surface area (Å²) in [6.45, 7) is 5.51. The van der Waals surface area contributed by atoms with Crippen molar-refractivity contribution in [3.63, 3.8) is 0 Å². The molecular formula is C24H28N4O2S. The molecule has 0 bridgehead atoms. The molecular weight excluding hydrogens is 408 g/mol. The first kappa shape index (κ1) is 21.5. The van der Waals surface area contributed by atoms with Crippen LogP contribution in [0.3, 0.4) is 0 Å². The highest BCUT2D eigenvalue weighted by Crippen LogP contribution is 2.32. The number of thiophene rings is 1.